The fourth-order valence-corrected chi connectivity index (χ4v) is 4.51. The van der Waals surface area contributed by atoms with E-state index in [1.807, 2.05) is 17.0 Å². The van der Waals surface area contributed by atoms with Crippen molar-refractivity contribution < 1.29 is 9.32 Å². The predicted molar refractivity (Wildman–Crippen MR) is 98.9 cm³/mol. The van der Waals surface area contributed by atoms with Crippen molar-refractivity contribution in [1.82, 2.24) is 15.0 Å². The Morgan fingerprint density at radius 3 is 2.81 bits per heavy atom. The summed E-state index contributed by atoms with van der Waals surface area (Å²) in [5.41, 5.74) is 2.18. The summed E-state index contributed by atoms with van der Waals surface area (Å²) >= 11 is 0. The Bertz CT molecular complexity index is 796. The van der Waals surface area contributed by atoms with E-state index in [0.29, 0.717) is 18.2 Å². The van der Waals surface area contributed by atoms with Crippen LogP contribution in [0.5, 0.6) is 0 Å². The molecule has 2 fully saturated rings. The fraction of sp³-hybridized carbons (Fsp3) is 0.571. The number of hydrogen-bond acceptors (Lipinski definition) is 4. The van der Waals surface area contributed by atoms with Crippen molar-refractivity contribution in [2.75, 3.05) is 13.1 Å². The number of likely N-dealkylation sites (tertiary alicyclic amines) is 1. The van der Waals surface area contributed by atoms with Gasteiger partial charge in [-0.1, -0.05) is 55.3 Å². The van der Waals surface area contributed by atoms with Crippen LogP contribution in [0.1, 0.15) is 61.9 Å². The first-order valence-electron chi connectivity index (χ1n) is 9.65. The molecule has 0 N–H and O–H groups in total. The van der Waals surface area contributed by atoms with E-state index in [-0.39, 0.29) is 17.2 Å². The van der Waals surface area contributed by atoms with E-state index in [2.05, 4.69) is 38.1 Å². The van der Waals surface area contributed by atoms with E-state index < -0.39 is 0 Å². The smallest absolute Gasteiger partial charge is 0.229 e. The van der Waals surface area contributed by atoms with E-state index in [4.69, 9.17) is 9.51 Å². The van der Waals surface area contributed by atoms with E-state index in [9.17, 15) is 4.79 Å². The van der Waals surface area contributed by atoms with Crippen molar-refractivity contribution in [3.8, 4) is 0 Å². The van der Waals surface area contributed by atoms with Gasteiger partial charge in [0.05, 0.1) is 11.8 Å². The van der Waals surface area contributed by atoms with Gasteiger partial charge in [-0.2, -0.15) is 4.98 Å². The van der Waals surface area contributed by atoms with Gasteiger partial charge in [0.15, 0.2) is 5.82 Å². The number of rotatable bonds is 4. The lowest BCUT2D eigenvalue weighted by Crippen LogP contribution is -2.36. The van der Waals surface area contributed by atoms with E-state index in [1.165, 1.54) is 12.0 Å². The van der Waals surface area contributed by atoms with Crippen LogP contribution in [-0.2, 0) is 16.6 Å². The number of benzene rings is 1. The van der Waals surface area contributed by atoms with Gasteiger partial charge in [0.25, 0.3) is 0 Å². The first kappa shape index (κ1) is 17.3. The standard InChI is InChI=1S/C21H27N3O2/c1-14(2)19-22-20(23-26-19)21-10-4-5-17(21)12-24(13-21)18(25)11-16-8-6-15(3)7-9-16/h6-9,14,17H,4-5,10-13H2,1-3H3/t17-,21-/m1/s1. The van der Waals surface area contributed by atoms with Gasteiger partial charge in [0, 0.05) is 19.0 Å². The third-order valence-corrected chi connectivity index (χ3v) is 6.08. The van der Waals surface area contributed by atoms with Gasteiger partial charge >= 0.3 is 0 Å². The molecule has 1 amide bonds. The molecule has 1 aromatic carbocycles. The van der Waals surface area contributed by atoms with Crippen molar-refractivity contribution in [2.24, 2.45) is 5.92 Å². The average Bonchev–Trinajstić information content (AvgIpc) is 3.30. The van der Waals surface area contributed by atoms with Crippen molar-refractivity contribution in [1.29, 1.82) is 0 Å². The molecule has 1 aliphatic carbocycles. The second-order valence-electron chi connectivity index (χ2n) is 8.29. The SMILES string of the molecule is Cc1ccc(CC(=O)N2C[C@H]3CCC[C@@]3(c3noc(C(C)C)n3)C2)cc1. The molecule has 0 bridgehead atoms. The zero-order valence-corrected chi connectivity index (χ0v) is 15.9. The van der Waals surface area contributed by atoms with Crippen LogP contribution in [0.25, 0.3) is 0 Å². The molecule has 1 saturated heterocycles. The molecule has 2 aromatic rings. The van der Waals surface area contributed by atoms with Gasteiger partial charge in [-0.3, -0.25) is 4.79 Å². The lowest BCUT2D eigenvalue weighted by atomic mass is 9.80. The summed E-state index contributed by atoms with van der Waals surface area (Å²) < 4.78 is 5.48. The Morgan fingerprint density at radius 1 is 1.35 bits per heavy atom. The minimum atomic E-state index is -0.112. The molecule has 5 nitrogen and oxygen atoms in total. The molecule has 2 heterocycles. The molecule has 0 radical (unpaired) electrons. The molecular weight excluding hydrogens is 326 g/mol. The molecule has 2 atom stereocenters. The summed E-state index contributed by atoms with van der Waals surface area (Å²) in [6, 6.07) is 8.23. The first-order valence-corrected chi connectivity index (χ1v) is 9.65. The molecule has 5 heteroatoms. The maximum Gasteiger partial charge on any atom is 0.229 e. The second kappa shape index (κ2) is 6.53. The van der Waals surface area contributed by atoms with Crippen molar-refractivity contribution >= 4 is 5.91 Å². The van der Waals surface area contributed by atoms with Gasteiger partial charge in [0.1, 0.15) is 0 Å². The number of aryl methyl sites for hydroxylation is 1. The molecule has 138 valence electrons. The zero-order valence-electron chi connectivity index (χ0n) is 15.9. The average molecular weight is 353 g/mol. The molecule has 0 unspecified atom stereocenters. The molecule has 1 aliphatic heterocycles. The number of fused-ring (bicyclic) bond motifs is 1. The van der Waals surface area contributed by atoms with Crippen LogP contribution in [0.4, 0.5) is 0 Å². The molecule has 2 aliphatic rings. The van der Waals surface area contributed by atoms with E-state index in [0.717, 1.165) is 37.3 Å². The van der Waals surface area contributed by atoms with E-state index >= 15 is 0 Å². The summed E-state index contributed by atoms with van der Waals surface area (Å²) in [5.74, 6) is 2.39. The van der Waals surface area contributed by atoms with Crippen LogP contribution >= 0.6 is 0 Å². The Kier molecular flexibility index (Phi) is 4.33. The highest BCUT2D eigenvalue weighted by molar-refractivity contribution is 5.79. The highest BCUT2D eigenvalue weighted by Crippen LogP contribution is 2.49. The van der Waals surface area contributed by atoms with Crippen molar-refractivity contribution in [2.45, 2.75) is 57.8 Å². The summed E-state index contributed by atoms with van der Waals surface area (Å²) in [6.45, 7) is 7.73. The summed E-state index contributed by atoms with van der Waals surface area (Å²) in [4.78, 5) is 19.6. The predicted octanol–water partition coefficient (Wildman–Crippen LogP) is 3.62. The lowest BCUT2D eigenvalue weighted by Gasteiger charge is -2.24. The van der Waals surface area contributed by atoms with Crippen LogP contribution < -0.4 is 0 Å². The highest BCUT2D eigenvalue weighted by Gasteiger charge is 2.54. The third kappa shape index (κ3) is 2.93. The molecule has 0 spiro atoms. The number of carbonyl (C=O) groups is 1. The topological polar surface area (TPSA) is 59.2 Å². The number of hydrogen-bond donors (Lipinski definition) is 0. The molecule has 26 heavy (non-hydrogen) atoms. The van der Waals surface area contributed by atoms with Crippen LogP contribution in [0, 0.1) is 12.8 Å². The van der Waals surface area contributed by atoms with Crippen molar-refractivity contribution in [3.05, 3.63) is 47.1 Å². The molecule has 1 aromatic heterocycles. The Balaban J connectivity index is 1.52. The summed E-state index contributed by atoms with van der Waals surface area (Å²) in [7, 11) is 0. The lowest BCUT2D eigenvalue weighted by molar-refractivity contribution is -0.129. The number of amides is 1. The van der Waals surface area contributed by atoms with E-state index in [1.54, 1.807) is 0 Å². The molecule has 1 saturated carbocycles. The number of nitrogens with zero attached hydrogens (tertiary/aromatic N) is 3. The highest BCUT2D eigenvalue weighted by atomic mass is 16.5. The van der Waals surface area contributed by atoms with Gasteiger partial charge in [-0.05, 0) is 31.2 Å². The maximum atomic E-state index is 12.9. The number of aromatic nitrogens is 2. The van der Waals surface area contributed by atoms with Gasteiger partial charge < -0.3 is 9.42 Å². The zero-order chi connectivity index (χ0) is 18.3. The summed E-state index contributed by atoms with van der Waals surface area (Å²) in [6.07, 6.45) is 3.83. The molecular formula is C21H27N3O2. The largest absolute Gasteiger partial charge is 0.341 e. The number of carbonyl (C=O) groups excluding carboxylic acids is 1. The Hall–Kier alpha value is -2.17. The second-order valence-corrected chi connectivity index (χ2v) is 8.29. The maximum absolute atomic E-state index is 12.9. The van der Waals surface area contributed by atoms with Gasteiger partial charge in [0.2, 0.25) is 11.8 Å². The van der Waals surface area contributed by atoms with Crippen LogP contribution in [0.15, 0.2) is 28.8 Å². The third-order valence-electron chi connectivity index (χ3n) is 6.08. The minimum Gasteiger partial charge on any atom is -0.341 e. The van der Waals surface area contributed by atoms with Crippen LogP contribution in [0.3, 0.4) is 0 Å². The summed E-state index contributed by atoms with van der Waals surface area (Å²) in [5, 5.41) is 4.32. The quantitative estimate of drug-likeness (QED) is 0.842. The first-order chi connectivity index (χ1) is 12.5. The Morgan fingerprint density at radius 2 is 2.12 bits per heavy atom. The minimum absolute atomic E-state index is 0.112. The van der Waals surface area contributed by atoms with Gasteiger partial charge in [-0.25, -0.2) is 0 Å². The van der Waals surface area contributed by atoms with Crippen LogP contribution in [0.2, 0.25) is 0 Å². The molecule has 4 rings (SSSR count). The fourth-order valence-electron chi connectivity index (χ4n) is 4.51. The van der Waals surface area contributed by atoms with Crippen molar-refractivity contribution in [3.63, 3.8) is 0 Å². The normalized spacial score (nSPS) is 25.1. The van der Waals surface area contributed by atoms with Gasteiger partial charge in [-0.15, -0.1) is 0 Å². The monoisotopic (exact) mass is 353 g/mol. The Labute approximate surface area is 154 Å². The van der Waals surface area contributed by atoms with Crippen LogP contribution in [-0.4, -0.2) is 34.0 Å².